The summed E-state index contributed by atoms with van der Waals surface area (Å²) in [5.41, 5.74) is 0.962. The summed E-state index contributed by atoms with van der Waals surface area (Å²) in [6.45, 7) is 0. The van der Waals surface area contributed by atoms with E-state index in [1.165, 1.54) is 0 Å². The highest BCUT2D eigenvalue weighted by molar-refractivity contribution is 7.46. The average Bonchev–Trinajstić information content (AvgIpc) is 2.26. The molecule has 2 aromatic carbocycles. The van der Waals surface area contributed by atoms with Crippen LogP contribution in [0.4, 0.5) is 5.69 Å². The molecule has 0 aliphatic carbocycles. The van der Waals surface area contributed by atoms with Crippen molar-refractivity contribution in [1.82, 2.24) is 0 Å². The van der Waals surface area contributed by atoms with Gasteiger partial charge >= 0.3 is 7.82 Å². The molecule has 0 atom stereocenters. The van der Waals surface area contributed by atoms with Gasteiger partial charge in [0.1, 0.15) is 5.75 Å². The van der Waals surface area contributed by atoms with E-state index in [0.717, 1.165) is 11.1 Å². The molecule has 0 aliphatic heterocycles. The zero-order valence-corrected chi connectivity index (χ0v) is 11.0. The molecule has 96 valence electrons. The first kappa shape index (κ1) is 12.9. The molecule has 2 aromatic rings. The largest absolute Gasteiger partial charge is 0.524 e. The Hall–Kier alpha value is -1.55. The summed E-state index contributed by atoms with van der Waals surface area (Å²) in [5, 5.41) is 1.56. The maximum absolute atomic E-state index is 10.9. The maximum atomic E-state index is 10.9. The lowest BCUT2D eigenvalue weighted by atomic mass is 10.1. The van der Waals surface area contributed by atoms with Crippen LogP contribution in [0.15, 0.2) is 36.4 Å². The summed E-state index contributed by atoms with van der Waals surface area (Å²) in [6, 6.07) is 10.7. The number of nitrogens with zero attached hydrogens (tertiary/aromatic N) is 1. The number of hydrogen-bond acceptors (Lipinski definition) is 3. The van der Waals surface area contributed by atoms with Crippen molar-refractivity contribution in [3.63, 3.8) is 0 Å². The molecule has 6 heteroatoms. The van der Waals surface area contributed by atoms with Crippen LogP contribution >= 0.6 is 7.82 Å². The van der Waals surface area contributed by atoms with E-state index in [-0.39, 0.29) is 5.75 Å². The summed E-state index contributed by atoms with van der Waals surface area (Å²) in [6.07, 6.45) is 0. The highest BCUT2D eigenvalue weighted by Gasteiger charge is 2.18. The molecular weight excluding hydrogens is 253 g/mol. The molecule has 0 fully saturated rings. The van der Waals surface area contributed by atoms with Gasteiger partial charge in [0.15, 0.2) is 0 Å². The van der Waals surface area contributed by atoms with Crippen LogP contribution in [0.3, 0.4) is 0 Å². The zero-order valence-electron chi connectivity index (χ0n) is 10.1. The molecule has 5 nitrogen and oxygen atoms in total. The molecular formula is C12H14NO4P. The quantitative estimate of drug-likeness (QED) is 0.835. The molecule has 0 aromatic heterocycles. The summed E-state index contributed by atoms with van der Waals surface area (Å²) in [5.74, 6) is 0.185. The third kappa shape index (κ3) is 2.64. The van der Waals surface area contributed by atoms with Crippen LogP contribution in [-0.4, -0.2) is 23.9 Å². The second kappa shape index (κ2) is 4.61. The zero-order chi connectivity index (χ0) is 13.3. The van der Waals surface area contributed by atoms with Gasteiger partial charge in [-0.25, -0.2) is 4.57 Å². The standard InChI is InChI=1S/C12H14NO4P/c1-13(2)11-7-3-6-10-9(11)5-4-8-12(10)17-18(14,15)16/h3-8H,1-2H3,(H2,14,15,16). The number of phosphoric ester groups is 1. The molecule has 0 unspecified atom stereocenters. The third-order valence-electron chi connectivity index (χ3n) is 2.56. The van der Waals surface area contributed by atoms with Gasteiger partial charge in [-0.15, -0.1) is 0 Å². The Bertz CT molecular complexity index is 621. The van der Waals surface area contributed by atoms with Crippen LogP contribution in [0.5, 0.6) is 5.75 Å². The fraction of sp³-hybridized carbons (Fsp3) is 0.167. The van der Waals surface area contributed by atoms with Gasteiger partial charge in [0.25, 0.3) is 0 Å². The highest BCUT2D eigenvalue weighted by atomic mass is 31.2. The third-order valence-corrected chi connectivity index (χ3v) is 2.99. The Kier molecular flexibility index (Phi) is 3.30. The lowest BCUT2D eigenvalue weighted by Crippen LogP contribution is -2.08. The van der Waals surface area contributed by atoms with Crippen molar-refractivity contribution in [2.24, 2.45) is 0 Å². The van der Waals surface area contributed by atoms with Crippen molar-refractivity contribution in [2.45, 2.75) is 0 Å². The van der Waals surface area contributed by atoms with E-state index in [4.69, 9.17) is 14.3 Å². The van der Waals surface area contributed by atoms with E-state index >= 15 is 0 Å². The van der Waals surface area contributed by atoms with Crippen molar-refractivity contribution >= 4 is 24.3 Å². The molecule has 18 heavy (non-hydrogen) atoms. The maximum Gasteiger partial charge on any atom is 0.524 e. The number of fused-ring (bicyclic) bond motifs is 1. The first-order chi connectivity index (χ1) is 8.38. The van der Waals surface area contributed by atoms with E-state index in [2.05, 4.69) is 0 Å². The molecule has 0 saturated heterocycles. The summed E-state index contributed by atoms with van der Waals surface area (Å²) in [7, 11) is -0.728. The van der Waals surface area contributed by atoms with Gasteiger partial charge in [0.05, 0.1) is 0 Å². The number of hydrogen-bond donors (Lipinski definition) is 2. The molecule has 0 saturated carbocycles. The Morgan fingerprint density at radius 3 is 2.28 bits per heavy atom. The Morgan fingerprint density at radius 2 is 1.67 bits per heavy atom. The second-order valence-corrected chi connectivity index (χ2v) is 5.27. The number of benzene rings is 2. The fourth-order valence-electron chi connectivity index (χ4n) is 1.86. The molecule has 0 aliphatic rings. The molecule has 0 amide bonds. The van der Waals surface area contributed by atoms with Crippen LogP contribution in [0.25, 0.3) is 10.8 Å². The first-order valence-electron chi connectivity index (χ1n) is 5.33. The monoisotopic (exact) mass is 267 g/mol. The summed E-state index contributed by atoms with van der Waals surface area (Å²) in [4.78, 5) is 19.7. The van der Waals surface area contributed by atoms with Gasteiger partial charge in [-0.2, -0.15) is 0 Å². The molecule has 0 radical (unpaired) electrons. The first-order valence-corrected chi connectivity index (χ1v) is 6.86. The van der Waals surface area contributed by atoms with Crippen molar-refractivity contribution in [3.8, 4) is 5.75 Å². The van der Waals surface area contributed by atoms with Crippen LogP contribution in [0.1, 0.15) is 0 Å². The SMILES string of the molecule is CN(C)c1cccc2c(OP(=O)(O)O)cccc12. The van der Waals surface area contributed by atoms with Crippen molar-refractivity contribution < 1.29 is 18.9 Å². The molecule has 0 spiro atoms. The van der Waals surface area contributed by atoms with Gasteiger partial charge in [0.2, 0.25) is 0 Å². The van der Waals surface area contributed by atoms with Crippen molar-refractivity contribution in [3.05, 3.63) is 36.4 Å². The van der Waals surface area contributed by atoms with Gasteiger partial charge in [0, 0.05) is 30.6 Å². The van der Waals surface area contributed by atoms with Gasteiger partial charge in [-0.3, -0.25) is 9.79 Å². The minimum Gasteiger partial charge on any atom is -0.404 e. The highest BCUT2D eigenvalue weighted by Crippen LogP contribution is 2.41. The van der Waals surface area contributed by atoms with E-state index in [0.29, 0.717) is 5.39 Å². The summed E-state index contributed by atoms with van der Waals surface area (Å²) >= 11 is 0. The Morgan fingerprint density at radius 1 is 1.06 bits per heavy atom. The predicted octanol–water partition coefficient (Wildman–Crippen LogP) is 2.38. The van der Waals surface area contributed by atoms with Crippen LogP contribution in [0.2, 0.25) is 0 Å². The number of rotatable bonds is 3. The smallest absolute Gasteiger partial charge is 0.404 e. The minimum atomic E-state index is -4.54. The fourth-order valence-corrected chi connectivity index (χ4v) is 2.28. The molecule has 2 rings (SSSR count). The average molecular weight is 267 g/mol. The van der Waals surface area contributed by atoms with E-state index < -0.39 is 7.82 Å². The van der Waals surface area contributed by atoms with Crippen molar-refractivity contribution in [1.29, 1.82) is 0 Å². The van der Waals surface area contributed by atoms with Crippen LogP contribution in [-0.2, 0) is 4.57 Å². The van der Waals surface area contributed by atoms with Gasteiger partial charge in [-0.05, 0) is 12.1 Å². The Labute approximate surface area is 105 Å². The molecule has 0 heterocycles. The minimum absolute atomic E-state index is 0.185. The normalized spacial score (nSPS) is 11.6. The topological polar surface area (TPSA) is 70.0 Å². The molecule has 2 N–H and O–H groups in total. The number of anilines is 1. The van der Waals surface area contributed by atoms with Crippen LogP contribution in [0, 0.1) is 0 Å². The lowest BCUT2D eigenvalue weighted by Gasteiger charge is -2.17. The summed E-state index contributed by atoms with van der Waals surface area (Å²) < 4.78 is 15.6. The predicted molar refractivity (Wildman–Crippen MR) is 70.9 cm³/mol. The molecule has 0 bridgehead atoms. The van der Waals surface area contributed by atoms with Gasteiger partial charge < -0.3 is 9.42 Å². The van der Waals surface area contributed by atoms with Gasteiger partial charge in [-0.1, -0.05) is 24.3 Å². The Balaban J connectivity index is 2.64. The van der Waals surface area contributed by atoms with Crippen molar-refractivity contribution in [2.75, 3.05) is 19.0 Å². The van der Waals surface area contributed by atoms with E-state index in [1.807, 2.05) is 37.2 Å². The lowest BCUT2D eigenvalue weighted by molar-refractivity contribution is 0.284. The number of phosphoric acid groups is 1. The van der Waals surface area contributed by atoms with Crippen LogP contribution < -0.4 is 9.42 Å². The van der Waals surface area contributed by atoms with E-state index in [1.54, 1.807) is 18.2 Å². The second-order valence-electron chi connectivity index (χ2n) is 4.10. The van der Waals surface area contributed by atoms with E-state index in [9.17, 15) is 4.57 Å².